The Hall–Kier alpha value is -1.07. The Kier molecular flexibility index (Phi) is 6.23. The molecular formula is C16H26N2O2S. The first-order chi connectivity index (χ1) is 9.69. The first kappa shape index (κ1) is 18.0. The average Bonchev–Trinajstić information content (AvgIpc) is 2.37. The molecule has 0 bridgehead atoms. The molecule has 0 radical (unpaired) electrons. The van der Waals surface area contributed by atoms with E-state index in [-0.39, 0.29) is 22.8 Å². The molecule has 0 saturated heterocycles. The molecule has 0 aliphatic rings. The van der Waals surface area contributed by atoms with Gasteiger partial charge in [-0.25, -0.2) is 4.98 Å². The van der Waals surface area contributed by atoms with Gasteiger partial charge in [-0.3, -0.25) is 4.79 Å². The first-order valence-corrected chi connectivity index (χ1v) is 8.09. The van der Waals surface area contributed by atoms with Gasteiger partial charge in [-0.2, -0.15) is 0 Å². The summed E-state index contributed by atoms with van der Waals surface area (Å²) in [5, 5.41) is 13.0. The number of carbonyl (C=O) groups excluding carboxylic acids is 1. The lowest BCUT2D eigenvalue weighted by atomic mass is 9.94. The zero-order chi connectivity index (χ0) is 16.1. The third-order valence-electron chi connectivity index (χ3n) is 3.27. The molecule has 1 rings (SSSR count). The third-order valence-corrected chi connectivity index (χ3v) is 4.31. The predicted octanol–water partition coefficient (Wildman–Crippen LogP) is 3.25. The number of thioether (sulfide) groups is 1. The van der Waals surface area contributed by atoms with Gasteiger partial charge >= 0.3 is 0 Å². The summed E-state index contributed by atoms with van der Waals surface area (Å²) in [5.74, 6) is -0.119. The van der Waals surface area contributed by atoms with Crippen molar-refractivity contribution in [3.8, 4) is 0 Å². The van der Waals surface area contributed by atoms with Crippen LogP contribution in [0.15, 0.2) is 23.4 Å². The molecule has 1 heterocycles. The van der Waals surface area contributed by atoms with Crippen LogP contribution in [0.2, 0.25) is 0 Å². The van der Waals surface area contributed by atoms with Crippen LogP contribution in [0.4, 0.5) is 0 Å². The lowest BCUT2D eigenvalue weighted by molar-refractivity contribution is 0.0885. The maximum absolute atomic E-state index is 12.4. The molecule has 0 aliphatic carbocycles. The smallest absolute Gasteiger partial charge is 0.251 e. The number of aromatic nitrogens is 1. The fourth-order valence-corrected chi connectivity index (χ4v) is 2.77. The number of nitrogens with one attached hydrogen (secondary N) is 1. The Balaban J connectivity index is 2.85. The fourth-order valence-electron chi connectivity index (χ4n) is 1.84. The summed E-state index contributed by atoms with van der Waals surface area (Å²) < 4.78 is 0.0525. The molecule has 1 unspecified atom stereocenters. The van der Waals surface area contributed by atoms with E-state index >= 15 is 0 Å². The van der Waals surface area contributed by atoms with Crippen LogP contribution in [-0.4, -0.2) is 32.9 Å². The van der Waals surface area contributed by atoms with Crippen molar-refractivity contribution < 1.29 is 9.90 Å². The molecule has 0 aromatic carbocycles. The van der Waals surface area contributed by atoms with Crippen molar-refractivity contribution >= 4 is 17.7 Å². The Labute approximate surface area is 131 Å². The van der Waals surface area contributed by atoms with Crippen molar-refractivity contribution in [2.75, 3.05) is 6.61 Å². The van der Waals surface area contributed by atoms with Gasteiger partial charge in [0.15, 0.2) is 0 Å². The minimum atomic E-state index is -0.383. The number of aliphatic hydroxyl groups excluding tert-OH is 1. The Morgan fingerprint density at radius 2 is 2.05 bits per heavy atom. The lowest BCUT2D eigenvalue weighted by Crippen LogP contribution is -2.46. The minimum absolute atomic E-state index is 0.0525. The van der Waals surface area contributed by atoms with Gasteiger partial charge in [0.25, 0.3) is 5.91 Å². The second-order valence-electron chi connectivity index (χ2n) is 6.44. The fraction of sp³-hybridized carbons (Fsp3) is 0.625. The number of carbonyl (C=O) groups is 1. The molecule has 21 heavy (non-hydrogen) atoms. The van der Waals surface area contributed by atoms with E-state index in [0.29, 0.717) is 12.0 Å². The van der Waals surface area contributed by atoms with E-state index in [4.69, 9.17) is 5.11 Å². The Morgan fingerprint density at radius 3 is 2.57 bits per heavy atom. The minimum Gasteiger partial charge on any atom is -0.396 e. The summed E-state index contributed by atoms with van der Waals surface area (Å²) in [5.41, 5.74) is 0.223. The highest BCUT2D eigenvalue weighted by molar-refractivity contribution is 8.00. The number of hydrogen-bond donors (Lipinski definition) is 2. The normalized spacial score (nSPS) is 14.6. The van der Waals surface area contributed by atoms with E-state index in [2.05, 4.69) is 31.1 Å². The van der Waals surface area contributed by atoms with Crippen molar-refractivity contribution in [1.82, 2.24) is 10.3 Å². The van der Waals surface area contributed by atoms with Crippen molar-refractivity contribution in [2.45, 2.75) is 62.8 Å². The number of nitrogens with zero attached hydrogens (tertiary/aromatic N) is 1. The van der Waals surface area contributed by atoms with Gasteiger partial charge in [-0.15, -0.1) is 11.8 Å². The highest BCUT2D eigenvalue weighted by atomic mass is 32.2. The second-order valence-corrected chi connectivity index (χ2v) is 8.29. The van der Waals surface area contributed by atoms with Gasteiger partial charge in [0.05, 0.1) is 5.03 Å². The zero-order valence-corrected chi connectivity index (χ0v) is 14.4. The molecular weight excluding hydrogens is 284 g/mol. The van der Waals surface area contributed by atoms with Gasteiger partial charge in [-0.05, 0) is 31.9 Å². The molecule has 2 N–H and O–H groups in total. The molecule has 1 aromatic heterocycles. The van der Waals surface area contributed by atoms with Gasteiger partial charge < -0.3 is 10.4 Å². The number of pyridine rings is 1. The summed E-state index contributed by atoms with van der Waals surface area (Å²) >= 11 is 1.64. The van der Waals surface area contributed by atoms with Crippen LogP contribution in [0.5, 0.6) is 0 Å². The number of hydrogen-bond acceptors (Lipinski definition) is 4. The average molecular weight is 310 g/mol. The first-order valence-electron chi connectivity index (χ1n) is 7.27. The van der Waals surface area contributed by atoms with Crippen molar-refractivity contribution in [3.05, 3.63) is 23.9 Å². The molecule has 0 aliphatic heterocycles. The monoisotopic (exact) mass is 310 g/mol. The van der Waals surface area contributed by atoms with Crippen molar-refractivity contribution in [2.24, 2.45) is 0 Å². The lowest BCUT2D eigenvalue weighted by Gasteiger charge is -2.29. The van der Waals surface area contributed by atoms with Crippen LogP contribution >= 0.6 is 11.8 Å². The molecule has 1 atom stereocenters. The third kappa shape index (κ3) is 6.06. The maximum atomic E-state index is 12.4. The zero-order valence-electron chi connectivity index (χ0n) is 13.6. The highest BCUT2D eigenvalue weighted by Gasteiger charge is 2.24. The Morgan fingerprint density at radius 1 is 1.38 bits per heavy atom. The van der Waals surface area contributed by atoms with Crippen LogP contribution in [-0.2, 0) is 0 Å². The van der Waals surface area contributed by atoms with Gasteiger partial charge in [0.1, 0.15) is 0 Å². The molecule has 4 nitrogen and oxygen atoms in total. The van der Waals surface area contributed by atoms with E-state index in [9.17, 15) is 4.79 Å². The van der Waals surface area contributed by atoms with E-state index in [1.54, 1.807) is 24.0 Å². The van der Waals surface area contributed by atoms with E-state index in [1.165, 1.54) is 0 Å². The van der Waals surface area contributed by atoms with E-state index < -0.39 is 0 Å². The van der Waals surface area contributed by atoms with Crippen molar-refractivity contribution in [1.29, 1.82) is 0 Å². The largest absolute Gasteiger partial charge is 0.396 e. The van der Waals surface area contributed by atoms with Crippen LogP contribution in [0.25, 0.3) is 0 Å². The van der Waals surface area contributed by atoms with Gasteiger partial charge in [-0.1, -0.05) is 27.7 Å². The summed E-state index contributed by atoms with van der Waals surface area (Å²) in [6, 6.07) is 3.54. The van der Waals surface area contributed by atoms with E-state index in [1.807, 2.05) is 19.9 Å². The highest BCUT2D eigenvalue weighted by Crippen LogP contribution is 2.30. The Bertz CT molecular complexity index is 485. The summed E-state index contributed by atoms with van der Waals surface area (Å²) in [6.07, 6.45) is 2.98. The summed E-state index contributed by atoms with van der Waals surface area (Å²) in [7, 11) is 0. The van der Waals surface area contributed by atoms with Gasteiger partial charge in [0.2, 0.25) is 0 Å². The molecule has 0 spiro atoms. The molecule has 0 saturated carbocycles. The molecule has 5 heteroatoms. The summed E-state index contributed by atoms with van der Waals surface area (Å²) in [4.78, 5) is 16.7. The standard InChI is InChI=1S/C16H26N2O2S/c1-6-16(5,8-10-19)18-14(20)12-7-9-17-13(11-12)21-15(2,3)4/h7,9,11,19H,6,8,10H2,1-5H3,(H,18,20). The van der Waals surface area contributed by atoms with Crippen LogP contribution in [0.1, 0.15) is 57.8 Å². The molecule has 0 fully saturated rings. The SMILES string of the molecule is CCC(C)(CCO)NC(=O)c1ccnc(SC(C)(C)C)c1. The van der Waals surface area contributed by atoms with Crippen LogP contribution in [0.3, 0.4) is 0 Å². The van der Waals surface area contributed by atoms with Crippen LogP contribution < -0.4 is 5.32 Å². The van der Waals surface area contributed by atoms with Gasteiger partial charge in [0, 0.05) is 28.7 Å². The quantitative estimate of drug-likeness (QED) is 0.792. The van der Waals surface area contributed by atoms with E-state index in [0.717, 1.165) is 11.4 Å². The van der Waals surface area contributed by atoms with Crippen molar-refractivity contribution in [3.63, 3.8) is 0 Å². The number of aliphatic hydroxyl groups is 1. The maximum Gasteiger partial charge on any atom is 0.251 e. The predicted molar refractivity (Wildman–Crippen MR) is 87.7 cm³/mol. The molecule has 1 aromatic rings. The summed E-state index contributed by atoms with van der Waals surface area (Å²) in [6.45, 7) is 10.4. The number of amides is 1. The van der Waals surface area contributed by atoms with Crippen LogP contribution in [0, 0.1) is 0 Å². The molecule has 118 valence electrons. The number of rotatable bonds is 6. The second kappa shape index (κ2) is 7.27. The molecule has 1 amide bonds. The topological polar surface area (TPSA) is 62.2 Å².